The van der Waals surface area contributed by atoms with Gasteiger partial charge in [0.05, 0.1) is 0 Å². The zero-order chi connectivity index (χ0) is 26.6. The number of carbonyl (C=O) groups is 1. The van der Waals surface area contributed by atoms with Crippen LogP contribution in [0, 0.1) is 17.2 Å². The Morgan fingerprint density at radius 1 is 1.03 bits per heavy atom. The lowest BCUT2D eigenvalue weighted by Crippen LogP contribution is -2.32. The standard InChI is InChI=1S/C30H28N6O3/c31-18-21(17-20-5-4-6-20)30(37)36-16-14-22(19-36)33-29-27-26(13-15-32-28(27)34-35-29)39-25-11-9-24(10-12-25)38-23-7-2-1-3-8-23/h1-3,7-13,15,17,20,22H,4-6,14,16,19H2,(H2,32,33,34,35)/t22-/m1/s1. The quantitative estimate of drug-likeness (QED) is 0.223. The molecule has 0 radical (unpaired) electrons. The number of ether oxygens (including phenoxy) is 2. The minimum atomic E-state index is -0.189. The number of anilines is 1. The number of fused-ring (bicyclic) bond motifs is 1. The van der Waals surface area contributed by atoms with Gasteiger partial charge in [-0.05, 0) is 61.6 Å². The summed E-state index contributed by atoms with van der Waals surface area (Å²) in [5.41, 5.74) is 0.853. The van der Waals surface area contributed by atoms with Crippen LogP contribution in [-0.2, 0) is 4.79 Å². The average molecular weight is 521 g/mol. The Labute approximate surface area is 226 Å². The van der Waals surface area contributed by atoms with Crippen LogP contribution in [0.1, 0.15) is 25.7 Å². The summed E-state index contributed by atoms with van der Waals surface area (Å²) in [5.74, 6) is 3.51. The van der Waals surface area contributed by atoms with E-state index in [0.29, 0.717) is 47.7 Å². The molecule has 2 aliphatic rings. The van der Waals surface area contributed by atoms with Gasteiger partial charge in [-0.3, -0.25) is 9.89 Å². The van der Waals surface area contributed by atoms with Gasteiger partial charge in [-0.2, -0.15) is 10.4 Å². The van der Waals surface area contributed by atoms with Gasteiger partial charge >= 0.3 is 0 Å². The summed E-state index contributed by atoms with van der Waals surface area (Å²) < 4.78 is 12.1. The van der Waals surface area contributed by atoms with Crippen LogP contribution in [-0.4, -0.2) is 45.1 Å². The highest BCUT2D eigenvalue weighted by atomic mass is 16.5. The van der Waals surface area contributed by atoms with Gasteiger partial charge in [0.15, 0.2) is 11.5 Å². The van der Waals surface area contributed by atoms with Crippen LogP contribution < -0.4 is 14.8 Å². The van der Waals surface area contributed by atoms with Gasteiger partial charge in [0.25, 0.3) is 5.91 Å². The monoisotopic (exact) mass is 520 g/mol. The van der Waals surface area contributed by atoms with Crippen LogP contribution in [0.5, 0.6) is 23.0 Å². The molecule has 4 aromatic rings. The lowest BCUT2D eigenvalue weighted by Gasteiger charge is -2.23. The van der Waals surface area contributed by atoms with Crippen LogP contribution in [0.15, 0.2) is 78.5 Å². The number of rotatable bonds is 8. The number of pyridine rings is 1. The minimum absolute atomic E-state index is 0.00781. The fourth-order valence-electron chi connectivity index (χ4n) is 4.86. The summed E-state index contributed by atoms with van der Waals surface area (Å²) >= 11 is 0. The molecule has 2 aromatic heterocycles. The van der Waals surface area contributed by atoms with Gasteiger partial charge in [0.2, 0.25) is 0 Å². The second kappa shape index (κ2) is 10.9. The number of carbonyl (C=O) groups excluding carboxylic acids is 1. The van der Waals surface area contributed by atoms with E-state index < -0.39 is 0 Å². The molecular formula is C30H28N6O3. The number of nitrogens with zero attached hydrogens (tertiary/aromatic N) is 4. The molecule has 2 aromatic carbocycles. The van der Waals surface area contributed by atoms with Gasteiger partial charge < -0.3 is 19.7 Å². The predicted octanol–water partition coefficient (Wildman–Crippen LogP) is 5.81. The van der Waals surface area contributed by atoms with Crippen LogP contribution in [0.3, 0.4) is 0 Å². The number of aromatic amines is 1. The van der Waals surface area contributed by atoms with E-state index in [0.717, 1.165) is 36.8 Å². The first-order chi connectivity index (χ1) is 19.2. The summed E-state index contributed by atoms with van der Waals surface area (Å²) in [6, 6.07) is 20.9. The fraction of sp³-hybridized carbons (Fsp3) is 0.267. The third-order valence-electron chi connectivity index (χ3n) is 7.17. The normalized spacial score (nSPS) is 17.5. The molecule has 9 nitrogen and oxygen atoms in total. The number of nitrogens with one attached hydrogen (secondary N) is 2. The molecule has 1 saturated carbocycles. The topological polar surface area (TPSA) is 116 Å². The molecule has 3 heterocycles. The second-order valence-electron chi connectivity index (χ2n) is 9.86. The summed E-state index contributed by atoms with van der Waals surface area (Å²) in [5, 5.41) is 21.1. The average Bonchev–Trinajstić information content (AvgIpc) is 3.58. The number of benzene rings is 2. The molecule has 1 aliphatic carbocycles. The van der Waals surface area contributed by atoms with Gasteiger partial charge in [0, 0.05) is 31.4 Å². The van der Waals surface area contributed by atoms with E-state index in [1.165, 1.54) is 0 Å². The molecule has 2 fully saturated rings. The number of hydrogen-bond acceptors (Lipinski definition) is 7. The number of aromatic nitrogens is 3. The maximum Gasteiger partial charge on any atom is 0.264 e. The Kier molecular flexibility index (Phi) is 6.83. The van der Waals surface area contributed by atoms with Crippen molar-refractivity contribution in [2.75, 3.05) is 18.4 Å². The number of nitriles is 1. The highest BCUT2D eigenvalue weighted by molar-refractivity contribution is 5.97. The van der Waals surface area contributed by atoms with Gasteiger partial charge in [0.1, 0.15) is 40.0 Å². The zero-order valence-electron chi connectivity index (χ0n) is 21.3. The van der Waals surface area contributed by atoms with Crippen LogP contribution >= 0.6 is 0 Å². The van der Waals surface area contributed by atoms with Gasteiger partial charge in [-0.25, -0.2) is 4.98 Å². The minimum Gasteiger partial charge on any atom is -0.457 e. The van der Waals surface area contributed by atoms with E-state index in [1.54, 1.807) is 17.2 Å². The van der Waals surface area contributed by atoms with Crippen LogP contribution in [0.4, 0.5) is 5.82 Å². The van der Waals surface area contributed by atoms with Gasteiger partial charge in [-0.1, -0.05) is 30.7 Å². The smallest absolute Gasteiger partial charge is 0.264 e. The highest BCUT2D eigenvalue weighted by Gasteiger charge is 2.30. The number of hydrogen-bond donors (Lipinski definition) is 2. The SMILES string of the molecule is N#CC(=CC1CCC1)C(=O)N1CC[C@@H](Nc2n[nH]c3nccc(Oc4ccc(Oc5ccccc5)cc4)c23)C1. The first kappa shape index (κ1) is 24.5. The lowest BCUT2D eigenvalue weighted by molar-refractivity contribution is -0.125. The molecule has 6 rings (SSSR count). The number of allylic oxidation sites excluding steroid dienone is 1. The van der Waals surface area contributed by atoms with Crippen molar-refractivity contribution in [3.05, 3.63) is 78.5 Å². The Bertz CT molecular complexity index is 1540. The molecule has 2 N–H and O–H groups in total. The van der Waals surface area contributed by atoms with E-state index in [2.05, 4.69) is 26.6 Å². The fourth-order valence-corrected chi connectivity index (χ4v) is 4.86. The summed E-state index contributed by atoms with van der Waals surface area (Å²) in [7, 11) is 0. The van der Waals surface area contributed by atoms with Crippen molar-refractivity contribution in [2.24, 2.45) is 5.92 Å². The van der Waals surface area contributed by atoms with Crippen molar-refractivity contribution in [1.82, 2.24) is 20.1 Å². The van der Waals surface area contributed by atoms with Crippen molar-refractivity contribution in [3.8, 4) is 29.1 Å². The van der Waals surface area contributed by atoms with Gasteiger partial charge in [-0.15, -0.1) is 0 Å². The van der Waals surface area contributed by atoms with Crippen molar-refractivity contribution in [1.29, 1.82) is 5.26 Å². The molecule has 1 aliphatic heterocycles. The molecule has 196 valence electrons. The second-order valence-corrected chi connectivity index (χ2v) is 9.86. The third kappa shape index (κ3) is 5.41. The maximum atomic E-state index is 12.9. The highest BCUT2D eigenvalue weighted by Crippen LogP contribution is 2.35. The maximum absolute atomic E-state index is 12.9. The Hall–Kier alpha value is -4.84. The Morgan fingerprint density at radius 3 is 2.49 bits per heavy atom. The largest absolute Gasteiger partial charge is 0.457 e. The number of H-pyrrole nitrogens is 1. The molecule has 0 bridgehead atoms. The Morgan fingerprint density at radius 2 is 1.77 bits per heavy atom. The molecule has 0 unspecified atom stereocenters. The van der Waals surface area contributed by atoms with Crippen molar-refractivity contribution >= 4 is 22.8 Å². The number of para-hydroxylation sites is 1. The Balaban J connectivity index is 1.14. The third-order valence-corrected chi connectivity index (χ3v) is 7.17. The van der Waals surface area contributed by atoms with E-state index in [4.69, 9.17) is 9.47 Å². The van der Waals surface area contributed by atoms with E-state index in [1.807, 2.05) is 60.7 Å². The first-order valence-electron chi connectivity index (χ1n) is 13.2. The first-order valence-corrected chi connectivity index (χ1v) is 13.2. The van der Waals surface area contributed by atoms with Crippen molar-refractivity contribution in [3.63, 3.8) is 0 Å². The molecule has 1 atom stereocenters. The van der Waals surface area contributed by atoms with Crippen LogP contribution in [0.2, 0.25) is 0 Å². The van der Waals surface area contributed by atoms with Crippen LogP contribution in [0.25, 0.3) is 11.0 Å². The zero-order valence-corrected chi connectivity index (χ0v) is 21.3. The summed E-state index contributed by atoms with van der Waals surface area (Å²) in [6.07, 6.45) is 7.54. The molecule has 9 heteroatoms. The molecule has 1 saturated heterocycles. The van der Waals surface area contributed by atoms with Crippen molar-refractivity contribution in [2.45, 2.75) is 31.7 Å². The number of likely N-dealkylation sites (tertiary alicyclic amines) is 1. The molecule has 1 amide bonds. The molecular weight excluding hydrogens is 492 g/mol. The molecule has 39 heavy (non-hydrogen) atoms. The van der Waals surface area contributed by atoms with E-state index in [-0.39, 0.29) is 17.5 Å². The predicted molar refractivity (Wildman–Crippen MR) is 147 cm³/mol. The van der Waals surface area contributed by atoms with Crippen molar-refractivity contribution < 1.29 is 14.3 Å². The number of amides is 1. The summed E-state index contributed by atoms with van der Waals surface area (Å²) in [6.45, 7) is 1.08. The summed E-state index contributed by atoms with van der Waals surface area (Å²) in [4.78, 5) is 19.1. The van der Waals surface area contributed by atoms with E-state index in [9.17, 15) is 10.1 Å². The lowest BCUT2D eigenvalue weighted by atomic mass is 9.84. The molecule has 0 spiro atoms. The van der Waals surface area contributed by atoms with E-state index >= 15 is 0 Å².